The van der Waals surface area contributed by atoms with Gasteiger partial charge >= 0.3 is 5.97 Å². The van der Waals surface area contributed by atoms with E-state index >= 15 is 0 Å². The van der Waals surface area contributed by atoms with Gasteiger partial charge < -0.3 is 10.8 Å². The molecule has 0 amide bonds. The molecule has 0 saturated heterocycles. The quantitative estimate of drug-likeness (QED) is 0.796. The molecule has 1 heterocycles. The van der Waals surface area contributed by atoms with E-state index in [9.17, 15) is 4.79 Å². The van der Waals surface area contributed by atoms with Crippen LogP contribution >= 0.6 is 0 Å². The summed E-state index contributed by atoms with van der Waals surface area (Å²) >= 11 is 0. The number of carboxylic acid groups (broad SMARTS) is 1. The van der Waals surface area contributed by atoms with Crippen LogP contribution in [0.25, 0.3) is 0 Å². The molecular formula is C11H17N3O2. The minimum Gasteiger partial charge on any atom is -0.480 e. The maximum atomic E-state index is 10.6. The summed E-state index contributed by atoms with van der Waals surface area (Å²) < 4.78 is 1.96. The van der Waals surface area contributed by atoms with Crippen LogP contribution in [-0.4, -0.2) is 26.9 Å². The summed E-state index contributed by atoms with van der Waals surface area (Å²) in [6, 6.07) is 1.50. The lowest BCUT2D eigenvalue weighted by Crippen LogP contribution is -2.32. The largest absolute Gasteiger partial charge is 0.480 e. The Bertz CT molecular complexity index is 369. The first kappa shape index (κ1) is 11.1. The molecule has 1 fully saturated rings. The highest BCUT2D eigenvalue weighted by atomic mass is 16.4. The number of carbonyl (C=O) groups is 1. The SMILES string of the molecule is NC(Cc1ccn(C2CCCC2)n1)C(=O)O. The normalized spacial score (nSPS) is 18.8. The minimum absolute atomic E-state index is 0.301. The van der Waals surface area contributed by atoms with Gasteiger partial charge in [0.05, 0.1) is 11.7 Å². The summed E-state index contributed by atoms with van der Waals surface area (Å²) in [7, 11) is 0. The lowest BCUT2D eigenvalue weighted by atomic mass is 10.2. The molecule has 1 aromatic rings. The molecule has 5 heteroatoms. The Balaban J connectivity index is 1.99. The molecule has 16 heavy (non-hydrogen) atoms. The number of hydrogen-bond donors (Lipinski definition) is 2. The molecule has 0 radical (unpaired) electrons. The molecule has 0 aromatic carbocycles. The fourth-order valence-electron chi connectivity index (χ4n) is 2.17. The first-order valence-electron chi connectivity index (χ1n) is 5.69. The third-order valence-electron chi connectivity index (χ3n) is 3.11. The van der Waals surface area contributed by atoms with Gasteiger partial charge in [-0.2, -0.15) is 5.10 Å². The van der Waals surface area contributed by atoms with Gasteiger partial charge in [0.25, 0.3) is 0 Å². The van der Waals surface area contributed by atoms with E-state index in [1.165, 1.54) is 25.7 Å². The van der Waals surface area contributed by atoms with E-state index < -0.39 is 12.0 Å². The first-order valence-corrected chi connectivity index (χ1v) is 5.69. The number of aliphatic carboxylic acids is 1. The van der Waals surface area contributed by atoms with Crippen molar-refractivity contribution in [2.45, 2.75) is 44.2 Å². The molecule has 1 aliphatic rings. The Hall–Kier alpha value is -1.36. The molecule has 88 valence electrons. The highest BCUT2D eigenvalue weighted by molar-refractivity contribution is 5.73. The predicted molar refractivity (Wildman–Crippen MR) is 59.0 cm³/mol. The van der Waals surface area contributed by atoms with E-state index in [4.69, 9.17) is 10.8 Å². The molecule has 2 rings (SSSR count). The molecule has 3 N–H and O–H groups in total. The van der Waals surface area contributed by atoms with Gasteiger partial charge in [-0.1, -0.05) is 12.8 Å². The Morgan fingerprint density at radius 3 is 2.94 bits per heavy atom. The predicted octanol–water partition coefficient (Wildman–Crippen LogP) is 0.953. The average molecular weight is 223 g/mol. The summed E-state index contributed by atoms with van der Waals surface area (Å²) in [5, 5.41) is 13.1. The number of aromatic nitrogens is 2. The highest BCUT2D eigenvalue weighted by Crippen LogP contribution is 2.28. The van der Waals surface area contributed by atoms with Crippen molar-refractivity contribution >= 4 is 5.97 Å². The van der Waals surface area contributed by atoms with Crippen LogP contribution in [0.5, 0.6) is 0 Å². The fraction of sp³-hybridized carbons (Fsp3) is 0.636. The van der Waals surface area contributed by atoms with Gasteiger partial charge in [0.15, 0.2) is 0 Å². The van der Waals surface area contributed by atoms with Crippen molar-refractivity contribution in [3.8, 4) is 0 Å². The molecule has 5 nitrogen and oxygen atoms in total. The van der Waals surface area contributed by atoms with Gasteiger partial charge in [0.1, 0.15) is 6.04 Å². The fourth-order valence-corrected chi connectivity index (χ4v) is 2.17. The molecule has 1 atom stereocenters. The van der Waals surface area contributed by atoms with Crippen molar-refractivity contribution < 1.29 is 9.90 Å². The maximum Gasteiger partial charge on any atom is 0.320 e. The molecule has 1 aromatic heterocycles. The van der Waals surface area contributed by atoms with Crippen LogP contribution < -0.4 is 5.73 Å². The van der Waals surface area contributed by atoms with Crippen LogP contribution in [0.2, 0.25) is 0 Å². The molecule has 1 saturated carbocycles. The van der Waals surface area contributed by atoms with E-state index in [1.807, 2.05) is 16.9 Å². The van der Waals surface area contributed by atoms with Crippen LogP contribution in [0.15, 0.2) is 12.3 Å². The molecule has 0 spiro atoms. The second kappa shape index (κ2) is 4.65. The smallest absolute Gasteiger partial charge is 0.320 e. The third kappa shape index (κ3) is 2.41. The van der Waals surface area contributed by atoms with Gasteiger partial charge in [-0.25, -0.2) is 0 Å². The van der Waals surface area contributed by atoms with Crippen LogP contribution in [0.4, 0.5) is 0 Å². The topological polar surface area (TPSA) is 81.1 Å². The zero-order chi connectivity index (χ0) is 11.5. The minimum atomic E-state index is -0.976. The molecular weight excluding hydrogens is 206 g/mol. The van der Waals surface area contributed by atoms with Crippen LogP contribution in [0.3, 0.4) is 0 Å². The molecule has 1 unspecified atom stereocenters. The van der Waals surface area contributed by atoms with Crippen molar-refractivity contribution in [2.24, 2.45) is 5.73 Å². The van der Waals surface area contributed by atoms with Crippen molar-refractivity contribution in [1.82, 2.24) is 9.78 Å². The Kier molecular flexibility index (Phi) is 3.24. The number of carboxylic acids is 1. The highest BCUT2D eigenvalue weighted by Gasteiger charge is 2.19. The van der Waals surface area contributed by atoms with E-state index in [2.05, 4.69) is 5.10 Å². The van der Waals surface area contributed by atoms with Crippen molar-refractivity contribution in [3.63, 3.8) is 0 Å². The van der Waals surface area contributed by atoms with E-state index in [0.29, 0.717) is 12.5 Å². The summed E-state index contributed by atoms with van der Waals surface area (Å²) in [6.45, 7) is 0. The number of rotatable bonds is 4. The first-order chi connectivity index (χ1) is 7.66. The summed E-state index contributed by atoms with van der Waals surface area (Å²) in [4.78, 5) is 10.6. The lowest BCUT2D eigenvalue weighted by Gasteiger charge is -2.09. The Morgan fingerprint density at radius 2 is 2.31 bits per heavy atom. The van der Waals surface area contributed by atoms with Crippen LogP contribution in [0, 0.1) is 0 Å². The standard InChI is InChI=1S/C11H17N3O2/c12-10(11(15)16)7-8-5-6-14(13-8)9-3-1-2-4-9/h5-6,9-10H,1-4,7,12H2,(H,15,16). The number of nitrogens with zero attached hydrogens (tertiary/aromatic N) is 2. The van der Waals surface area contributed by atoms with Crippen molar-refractivity contribution in [3.05, 3.63) is 18.0 Å². The van der Waals surface area contributed by atoms with Gasteiger partial charge in [0.2, 0.25) is 0 Å². The summed E-state index contributed by atoms with van der Waals surface area (Å²) in [5.74, 6) is -0.976. The monoisotopic (exact) mass is 223 g/mol. The zero-order valence-electron chi connectivity index (χ0n) is 9.17. The zero-order valence-corrected chi connectivity index (χ0v) is 9.17. The molecule has 0 bridgehead atoms. The Morgan fingerprint density at radius 1 is 1.62 bits per heavy atom. The molecule has 1 aliphatic carbocycles. The summed E-state index contributed by atoms with van der Waals surface area (Å²) in [5.41, 5.74) is 6.23. The van der Waals surface area contributed by atoms with Gasteiger partial charge in [-0.05, 0) is 18.9 Å². The van der Waals surface area contributed by atoms with Gasteiger partial charge in [-0.15, -0.1) is 0 Å². The second-order valence-electron chi connectivity index (χ2n) is 4.37. The van der Waals surface area contributed by atoms with Crippen LogP contribution in [-0.2, 0) is 11.2 Å². The maximum absolute atomic E-state index is 10.6. The second-order valence-corrected chi connectivity index (χ2v) is 4.37. The van der Waals surface area contributed by atoms with E-state index in [0.717, 1.165) is 5.69 Å². The number of hydrogen-bond acceptors (Lipinski definition) is 3. The van der Waals surface area contributed by atoms with Crippen LogP contribution in [0.1, 0.15) is 37.4 Å². The average Bonchev–Trinajstić information content (AvgIpc) is 2.85. The third-order valence-corrected chi connectivity index (χ3v) is 3.11. The van der Waals surface area contributed by atoms with E-state index in [1.54, 1.807) is 0 Å². The van der Waals surface area contributed by atoms with E-state index in [-0.39, 0.29) is 0 Å². The van der Waals surface area contributed by atoms with Gasteiger partial charge in [-0.3, -0.25) is 9.48 Å². The summed E-state index contributed by atoms with van der Waals surface area (Å²) in [6.07, 6.45) is 7.09. The number of nitrogens with two attached hydrogens (primary N) is 1. The van der Waals surface area contributed by atoms with Crippen molar-refractivity contribution in [1.29, 1.82) is 0 Å². The molecule has 0 aliphatic heterocycles. The van der Waals surface area contributed by atoms with Gasteiger partial charge in [0, 0.05) is 12.6 Å². The van der Waals surface area contributed by atoms with Crippen molar-refractivity contribution in [2.75, 3.05) is 0 Å². The lowest BCUT2D eigenvalue weighted by molar-refractivity contribution is -0.138. The Labute approximate surface area is 94.2 Å².